The van der Waals surface area contributed by atoms with Gasteiger partial charge in [-0.15, -0.1) is 0 Å². The van der Waals surface area contributed by atoms with Gasteiger partial charge in [-0.05, 0) is 16.3 Å². The monoisotopic (exact) mass is 408 g/mol. The number of phosphoric ester groups is 1. The van der Waals surface area contributed by atoms with Crippen molar-refractivity contribution in [2.24, 2.45) is 0 Å². The Morgan fingerprint density at radius 2 is 1.41 bits per heavy atom. The number of fused-ring (bicyclic) bond motifs is 1. The van der Waals surface area contributed by atoms with Gasteiger partial charge in [-0.3, -0.25) is 4.57 Å². The van der Waals surface area contributed by atoms with Gasteiger partial charge in [0.05, 0.1) is 0 Å². The van der Waals surface area contributed by atoms with Crippen molar-refractivity contribution in [2.75, 3.05) is 0 Å². The van der Waals surface area contributed by atoms with E-state index in [0.717, 1.165) is 0 Å². The van der Waals surface area contributed by atoms with E-state index in [4.69, 9.17) is 4.52 Å². The molecule has 0 aromatic heterocycles. The van der Waals surface area contributed by atoms with E-state index in [2.05, 4.69) is 0 Å². The van der Waals surface area contributed by atoms with E-state index in [9.17, 15) is 39.9 Å². The molecule has 142 valence electrons. The van der Waals surface area contributed by atoms with E-state index in [0.29, 0.717) is 10.8 Å². The third kappa shape index (κ3) is 3.89. The molecular weight excluding hydrogens is 390 g/mol. The molecule has 0 saturated heterocycles. The average Bonchev–Trinajstić information content (AvgIpc) is 2.61. The van der Waals surface area contributed by atoms with Gasteiger partial charge in [0.1, 0.15) is 30.5 Å². The van der Waals surface area contributed by atoms with E-state index in [1.165, 1.54) is 12.1 Å². The minimum absolute atomic E-state index is 0. The second kappa shape index (κ2) is 8.16. The summed E-state index contributed by atoms with van der Waals surface area (Å²) in [5.41, 5.74) is -2.74. The van der Waals surface area contributed by atoms with Crippen LogP contribution in [0.3, 0.4) is 0 Å². The second-order valence-corrected chi connectivity index (χ2v) is 7.36. The summed E-state index contributed by atoms with van der Waals surface area (Å²) in [5.74, 6) is 0. The Morgan fingerprint density at radius 3 is 1.96 bits per heavy atom. The van der Waals surface area contributed by atoms with Gasteiger partial charge >= 0.3 is 29.6 Å². The summed E-state index contributed by atoms with van der Waals surface area (Å²) in [6.45, 7) is 0. The van der Waals surface area contributed by atoms with Crippen LogP contribution >= 0.6 is 7.82 Å². The molecule has 3 unspecified atom stereocenters. The molecular formula is C16H18NaO9P. The van der Waals surface area contributed by atoms with Crippen LogP contribution in [0.15, 0.2) is 42.5 Å². The van der Waals surface area contributed by atoms with Crippen LogP contribution in [-0.4, -0.2) is 60.9 Å². The Morgan fingerprint density at radius 1 is 0.889 bits per heavy atom. The SMILES string of the molecule is O=P([O-])(O)OC1(c2cccc3ccccc23)[C@@H](O)[C@H](O)C(O)[C@H](O)[C@@H]1O.[Na+]. The van der Waals surface area contributed by atoms with Gasteiger partial charge in [0.15, 0.2) is 5.60 Å². The van der Waals surface area contributed by atoms with Crippen molar-refractivity contribution in [2.45, 2.75) is 36.1 Å². The number of rotatable bonds is 3. The van der Waals surface area contributed by atoms with Gasteiger partial charge in [-0.1, -0.05) is 42.5 Å². The minimum Gasteiger partial charge on any atom is -0.756 e. The zero-order valence-electron chi connectivity index (χ0n) is 14.3. The van der Waals surface area contributed by atoms with E-state index in [1.54, 1.807) is 30.3 Å². The topological polar surface area (TPSA) is 171 Å². The molecule has 3 rings (SSSR count). The first-order valence-corrected chi connectivity index (χ1v) is 9.22. The molecule has 1 fully saturated rings. The molecule has 0 aliphatic heterocycles. The van der Waals surface area contributed by atoms with Crippen LogP contribution in [0.5, 0.6) is 0 Å². The Kier molecular flexibility index (Phi) is 6.92. The predicted octanol–water partition coefficient (Wildman–Crippen LogP) is -4.67. The maximum atomic E-state index is 11.5. The molecule has 11 heteroatoms. The van der Waals surface area contributed by atoms with Gasteiger partial charge in [0, 0.05) is 0 Å². The normalized spacial score (nSPS) is 36.0. The summed E-state index contributed by atoms with van der Waals surface area (Å²) in [6, 6.07) is 11.0. The largest absolute Gasteiger partial charge is 1.00 e. The molecule has 1 aliphatic rings. The molecule has 1 aliphatic carbocycles. The van der Waals surface area contributed by atoms with Gasteiger partial charge in [0.2, 0.25) is 0 Å². The molecule has 9 nitrogen and oxygen atoms in total. The first kappa shape index (κ1) is 22.9. The fourth-order valence-corrected chi connectivity index (χ4v) is 4.19. The third-order valence-electron chi connectivity index (χ3n) is 4.70. The molecule has 0 heterocycles. The third-order valence-corrected chi connectivity index (χ3v) is 5.24. The van der Waals surface area contributed by atoms with Gasteiger partial charge in [-0.25, -0.2) is 0 Å². The second-order valence-electron chi connectivity index (χ2n) is 6.24. The van der Waals surface area contributed by atoms with Crippen LogP contribution in [0.2, 0.25) is 0 Å². The number of hydrogen-bond acceptors (Lipinski definition) is 8. The summed E-state index contributed by atoms with van der Waals surface area (Å²) in [5, 5.41) is 52.0. The molecule has 0 spiro atoms. The van der Waals surface area contributed by atoms with Crippen molar-refractivity contribution < 1.29 is 74.0 Å². The van der Waals surface area contributed by atoms with Crippen LogP contribution in [0.1, 0.15) is 5.56 Å². The van der Waals surface area contributed by atoms with Crippen molar-refractivity contribution in [3.05, 3.63) is 48.0 Å². The number of benzene rings is 2. The molecule has 27 heavy (non-hydrogen) atoms. The summed E-state index contributed by atoms with van der Waals surface area (Å²) in [7, 11) is -5.56. The van der Waals surface area contributed by atoms with Crippen molar-refractivity contribution in [1.82, 2.24) is 0 Å². The minimum atomic E-state index is -5.56. The van der Waals surface area contributed by atoms with E-state index >= 15 is 0 Å². The maximum Gasteiger partial charge on any atom is 1.00 e. The number of hydrogen-bond donors (Lipinski definition) is 6. The predicted molar refractivity (Wildman–Crippen MR) is 86.6 cm³/mol. The van der Waals surface area contributed by atoms with Crippen LogP contribution in [0.4, 0.5) is 0 Å². The Balaban J connectivity index is 0.00000261. The smallest absolute Gasteiger partial charge is 0.756 e. The zero-order chi connectivity index (χ0) is 19.3. The maximum absolute atomic E-state index is 11.5. The Labute approximate surface area is 176 Å². The number of aliphatic hydroxyl groups excluding tert-OH is 5. The first-order valence-electron chi connectivity index (χ1n) is 7.72. The van der Waals surface area contributed by atoms with Crippen molar-refractivity contribution in [3.63, 3.8) is 0 Å². The first-order chi connectivity index (χ1) is 12.1. The van der Waals surface area contributed by atoms with E-state index in [-0.39, 0.29) is 35.1 Å². The van der Waals surface area contributed by atoms with Crippen LogP contribution in [0.25, 0.3) is 10.8 Å². The van der Waals surface area contributed by atoms with E-state index < -0.39 is 43.9 Å². The van der Waals surface area contributed by atoms with Gasteiger partial charge in [0.25, 0.3) is 7.82 Å². The summed E-state index contributed by atoms with van der Waals surface area (Å²) < 4.78 is 16.2. The quantitative estimate of drug-likeness (QED) is 0.216. The molecule has 6 N–H and O–H groups in total. The molecule has 2 aromatic carbocycles. The molecule has 0 amide bonds. The van der Waals surface area contributed by atoms with Gasteiger partial charge < -0.3 is 39.8 Å². The standard InChI is InChI=1S/C16H19O9P.Na/c17-11-12(18)14(20)16(15(21)13(11)19,25-26(22,23)24)10-7-3-5-8-4-1-2-6-9(8)10;/h1-7,11-15,17-21H,(H2,22,23,24);/q;+1/p-1/t11?,12-,13+,14-,15-,16?;/m0./s1. The number of aliphatic hydroxyl groups is 5. The summed E-state index contributed by atoms with van der Waals surface area (Å²) in [4.78, 5) is 20.8. The van der Waals surface area contributed by atoms with Crippen molar-refractivity contribution in [3.8, 4) is 0 Å². The molecule has 0 bridgehead atoms. The number of phosphoric acid groups is 1. The van der Waals surface area contributed by atoms with Crippen LogP contribution in [0, 0.1) is 0 Å². The Bertz CT molecular complexity index is 835. The fourth-order valence-electron chi connectivity index (χ4n) is 3.49. The van der Waals surface area contributed by atoms with Crippen LogP contribution in [-0.2, 0) is 14.7 Å². The van der Waals surface area contributed by atoms with Gasteiger partial charge in [-0.2, -0.15) is 0 Å². The van der Waals surface area contributed by atoms with Crippen molar-refractivity contribution >= 4 is 18.6 Å². The zero-order valence-corrected chi connectivity index (χ0v) is 17.2. The fraction of sp³-hybridized carbons (Fsp3) is 0.375. The average molecular weight is 408 g/mol. The molecule has 7 atom stereocenters. The molecule has 0 radical (unpaired) electrons. The molecule has 2 aromatic rings. The molecule has 1 saturated carbocycles. The summed E-state index contributed by atoms with van der Waals surface area (Å²) in [6.07, 6.45) is -10.4. The van der Waals surface area contributed by atoms with E-state index in [1.807, 2.05) is 0 Å². The van der Waals surface area contributed by atoms with Crippen LogP contribution < -0.4 is 34.5 Å². The van der Waals surface area contributed by atoms with Crippen molar-refractivity contribution in [1.29, 1.82) is 0 Å². The summed E-state index contributed by atoms with van der Waals surface area (Å²) >= 11 is 0. The Hall–Kier alpha value is -0.390.